The molecule has 5 heteroatoms. The molecular weight excluding hydrogens is 288 g/mol. The van der Waals surface area contributed by atoms with Gasteiger partial charge in [0, 0.05) is 39.6 Å². The van der Waals surface area contributed by atoms with Crippen LogP contribution in [0.3, 0.4) is 0 Å². The highest BCUT2D eigenvalue weighted by atomic mass is 16.5. The Hall–Kier alpha value is -2.43. The fourth-order valence-electron chi connectivity index (χ4n) is 2.59. The lowest BCUT2D eigenvalue weighted by molar-refractivity contribution is 0.411. The molecule has 124 valence electrons. The van der Waals surface area contributed by atoms with Gasteiger partial charge in [-0.3, -0.25) is 4.99 Å². The van der Waals surface area contributed by atoms with Gasteiger partial charge >= 0.3 is 0 Å². The number of nitrogens with zero attached hydrogens (tertiary/aromatic N) is 3. The number of rotatable bonds is 5. The topological polar surface area (TPSA) is 41.8 Å². The largest absolute Gasteiger partial charge is 0.496 e. The van der Waals surface area contributed by atoms with Gasteiger partial charge in [0.1, 0.15) is 5.75 Å². The molecular formula is C18H26N4O. The zero-order chi connectivity index (χ0) is 16.8. The fraction of sp³-hybridized carbons (Fsp3) is 0.389. The summed E-state index contributed by atoms with van der Waals surface area (Å²) in [7, 11) is 7.60. The zero-order valence-corrected chi connectivity index (χ0v) is 14.6. The Bertz CT molecular complexity index is 675. The van der Waals surface area contributed by atoms with E-state index in [9.17, 15) is 0 Å². The molecule has 0 radical (unpaired) electrons. The SMILES string of the molecule is CN=C(NCc1ccc(OC)c(C)c1)N(C)Cc1cccn1C. The van der Waals surface area contributed by atoms with Crippen LogP contribution in [0.2, 0.25) is 0 Å². The van der Waals surface area contributed by atoms with Gasteiger partial charge < -0.3 is 19.5 Å². The van der Waals surface area contributed by atoms with Gasteiger partial charge in [0.05, 0.1) is 13.7 Å². The van der Waals surface area contributed by atoms with Crippen LogP contribution in [-0.2, 0) is 20.1 Å². The molecule has 1 aromatic heterocycles. The van der Waals surface area contributed by atoms with Crippen molar-refractivity contribution >= 4 is 5.96 Å². The molecule has 5 nitrogen and oxygen atoms in total. The van der Waals surface area contributed by atoms with Crippen molar-refractivity contribution in [2.45, 2.75) is 20.0 Å². The molecule has 2 rings (SSSR count). The Balaban J connectivity index is 1.97. The van der Waals surface area contributed by atoms with E-state index in [1.807, 2.05) is 20.2 Å². The van der Waals surface area contributed by atoms with Crippen LogP contribution in [0, 0.1) is 6.92 Å². The van der Waals surface area contributed by atoms with E-state index in [1.54, 1.807) is 7.11 Å². The second-order valence-corrected chi connectivity index (χ2v) is 5.67. The van der Waals surface area contributed by atoms with E-state index in [0.29, 0.717) is 0 Å². The summed E-state index contributed by atoms with van der Waals surface area (Å²) < 4.78 is 7.42. The van der Waals surface area contributed by atoms with E-state index >= 15 is 0 Å². The summed E-state index contributed by atoms with van der Waals surface area (Å²) in [6.07, 6.45) is 2.06. The van der Waals surface area contributed by atoms with Crippen molar-refractivity contribution in [3.8, 4) is 5.75 Å². The summed E-state index contributed by atoms with van der Waals surface area (Å²) in [6, 6.07) is 10.4. The second kappa shape index (κ2) is 7.72. The minimum Gasteiger partial charge on any atom is -0.496 e. The summed E-state index contributed by atoms with van der Waals surface area (Å²) >= 11 is 0. The monoisotopic (exact) mass is 314 g/mol. The van der Waals surface area contributed by atoms with E-state index in [-0.39, 0.29) is 0 Å². The van der Waals surface area contributed by atoms with Gasteiger partial charge in [0.25, 0.3) is 0 Å². The van der Waals surface area contributed by atoms with E-state index in [4.69, 9.17) is 4.74 Å². The maximum atomic E-state index is 5.30. The van der Waals surface area contributed by atoms with Crippen molar-refractivity contribution in [1.29, 1.82) is 0 Å². The molecule has 0 saturated carbocycles. The van der Waals surface area contributed by atoms with Gasteiger partial charge in [-0.05, 0) is 36.2 Å². The molecule has 1 aromatic carbocycles. The lowest BCUT2D eigenvalue weighted by Crippen LogP contribution is -2.38. The van der Waals surface area contributed by atoms with Crippen LogP contribution in [0.1, 0.15) is 16.8 Å². The predicted octanol–water partition coefficient (Wildman–Crippen LogP) is 2.55. The Kier molecular flexibility index (Phi) is 5.68. The minimum atomic E-state index is 0.731. The number of aliphatic imine (C=N–C) groups is 1. The number of hydrogen-bond donors (Lipinski definition) is 1. The summed E-state index contributed by atoms with van der Waals surface area (Å²) in [4.78, 5) is 6.48. The standard InChI is InChI=1S/C18H26N4O/c1-14-11-15(8-9-17(14)23-5)12-20-18(19-2)22(4)13-16-7-6-10-21(16)3/h6-11H,12-13H2,1-5H3,(H,19,20). The highest BCUT2D eigenvalue weighted by molar-refractivity contribution is 5.79. The maximum Gasteiger partial charge on any atom is 0.194 e. The summed E-state index contributed by atoms with van der Waals surface area (Å²) in [5.41, 5.74) is 3.59. The normalized spacial score (nSPS) is 11.4. The summed E-state index contributed by atoms with van der Waals surface area (Å²) in [5.74, 6) is 1.79. The third-order valence-electron chi connectivity index (χ3n) is 3.93. The fourth-order valence-corrected chi connectivity index (χ4v) is 2.59. The number of guanidine groups is 1. The average molecular weight is 314 g/mol. The number of benzene rings is 1. The van der Waals surface area contributed by atoms with Crippen molar-refractivity contribution < 1.29 is 4.74 Å². The van der Waals surface area contributed by atoms with Crippen LogP contribution in [0.5, 0.6) is 5.75 Å². The van der Waals surface area contributed by atoms with Crippen LogP contribution in [-0.4, -0.2) is 36.6 Å². The average Bonchev–Trinajstić information content (AvgIpc) is 2.93. The van der Waals surface area contributed by atoms with Crippen molar-refractivity contribution in [2.75, 3.05) is 21.2 Å². The van der Waals surface area contributed by atoms with Crippen LogP contribution < -0.4 is 10.1 Å². The van der Waals surface area contributed by atoms with Gasteiger partial charge in [-0.25, -0.2) is 0 Å². The Morgan fingerprint density at radius 1 is 1.35 bits per heavy atom. The second-order valence-electron chi connectivity index (χ2n) is 5.67. The first-order chi connectivity index (χ1) is 11.0. The molecule has 0 fully saturated rings. The number of aromatic nitrogens is 1. The smallest absolute Gasteiger partial charge is 0.194 e. The molecule has 2 aromatic rings. The van der Waals surface area contributed by atoms with Crippen molar-refractivity contribution in [3.63, 3.8) is 0 Å². The van der Waals surface area contributed by atoms with E-state index < -0.39 is 0 Å². The third kappa shape index (κ3) is 4.28. The highest BCUT2D eigenvalue weighted by Crippen LogP contribution is 2.18. The molecule has 0 aliphatic heterocycles. The van der Waals surface area contributed by atoms with Gasteiger partial charge in [-0.1, -0.05) is 12.1 Å². The molecule has 0 amide bonds. The van der Waals surface area contributed by atoms with E-state index in [1.165, 1.54) is 11.3 Å². The van der Waals surface area contributed by atoms with Gasteiger partial charge in [0.2, 0.25) is 0 Å². The predicted molar refractivity (Wildman–Crippen MR) is 94.8 cm³/mol. The van der Waals surface area contributed by atoms with Crippen LogP contribution in [0.25, 0.3) is 0 Å². The Morgan fingerprint density at radius 2 is 2.13 bits per heavy atom. The summed E-state index contributed by atoms with van der Waals surface area (Å²) in [5, 5.41) is 3.41. The molecule has 1 heterocycles. The summed E-state index contributed by atoms with van der Waals surface area (Å²) in [6.45, 7) is 3.60. The number of aryl methyl sites for hydroxylation is 2. The lowest BCUT2D eigenvalue weighted by atomic mass is 10.1. The number of methoxy groups -OCH3 is 1. The van der Waals surface area contributed by atoms with Crippen LogP contribution in [0.15, 0.2) is 41.5 Å². The molecule has 0 spiro atoms. The maximum absolute atomic E-state index is 5.30. The van der Waals surface area contributed by atoms with Crippen molar-refractivity contribution in [3.05, 3.63) is 53.3 Å². The molecule has 0 bridgehead atoms. The molecule has 23 heavy (non-hydrogen) atoms. The van der Waals surface area contributed by atoms with Gasteiger partial charge in [-0.15, -0.1) is 0 Å². The third-order valence-corrected chi connectivity index (χ3v) is 3.93. The van der Waals surface area contributed by atoms with Crippen LogP contribution >= 0.6 is 0 Å². The molecule has 0 saturated heterocycles. The Labute approximate surface area is 138 Å². The lowest BCUT2D eigenvalue weighted by Gasteiger charge is -2.22. The zero-order valence-electron chi connectivity index (χ0n) is 14.6. The number of hydrogen-bond acceptors (Lipinski definition) is 2. The molecule has 0 atom stereocenters. The first-order valence-electron chi connectivity index (χ1n) is 7.70. The molecule has 0 unspecified atom stereocenters. The van der Waals surface area contributed by atoms with Gasteiger partial charge in [-0.2, -0.15) is 0 Å². The highest BCUT2D eigenvalue weighted by Gasteiger charge is 2.08. The number of ether oxygens (including phenoxy) is 1. The first-order valence-corrected chi connectivity index (χ1v) is 7.70. The Morgan fingerprint density at radius 3 is 2.70 bits per heavy atom. The van der Waals surface area contributed by atoms with Crippen molar-refractivity contribution in [2.24, 2.45) is 12.0 Å². The quantitative estimate of drug-likeness (QED) is 0.681. The van der Waals surface area contributed by atoms with E-state index in [2.05, 4.69) is 64.2 Å². The molecule has 0 aliphatic rings. The molecule has 0 aliphatic carbocycles. The van der Waals surface area contributed by atoms with Crippen LogP contribution in [0.4, 0.5) is 0 Å². The first kappa shape index (κ1) is 16.9. The van der Waals surface area contributed by atoms with Gasteiger partial charge in [0.15, 0.2) is 5.96 Å². The number of nitrogens with one attached hydrogen (secondary N) is 1. The van der Waals surface area contributed by atoms with Crippen molar-refractivity contribution in [1.82, 2.24) is 14.8 Å². The van der Waals surface area contributed by atoms with E-state index in [0.717, 1.165) is 30.4 Å². The molecule has 1 N–H and O–H groups in total. The minimum absolute atomic E-state index is 0.731.